The Balaban J connectivity index is 1.44. The Morgan fingerprint density at radius 3 is 2.94 bits per heavy atom. The van der Waals surface area contributed by atoms with E-state index >= 15 is 0 Å². The highest BCUT2D eigenvalue weighted by Crippen LogP contribution is 2.47. The van der Waals surface area contributed by atoms with Gasteiger partial charge in [-0.1, -0.05) is 30.3 Å². The second-order valence-electron chi connectivity index (χ2n) is 5.43. The number of ether oxygens (including phenoxy) is 1. The minimum Gasteiger partial charge on any atom is -0.461 e. The van der Waals surface area contributed by atoms with Crippen LogP contribution in [0.4, 0.5) is 0 Å². The second kappa shape index (κ2) is 5.11. The standard InChI is InChI=1S/C15H19NO2/c17-15(18-10-11-4-2-1-3-5-11)7-13-9-16-8-12-6-14(12)13/h1-5,12-14,16H,6-10H2/t12-,13-,14-/m0/s1. The molecule has 0 spiro atoms. The maximum Gasteiger partial charge on any atom is 0.306 e. The first-order valence-electron chi connectivity index (χ1n) is 6.73. The molecular weight excluding hydrogens is 226 g/mol. The van der Waals surface area contributed by atoms with Gasteiger partial charge in [-0.3, -0.25) is 4.79 Å². The Labute approximate surface area is 108 Å². The van der Waals surface area contributed by atoms with E-state index < -0.39 is 0 Å². The molecule has 96 valence electrons. The van der Waals surface area contributed by atoms with Crippen LogP contribution in [0, 0.1) is 17.8 Å². The number of fused-ring (bicyclic) bond motifs is 1. The lowest BCUT2D eigenvalue weighted by molar-refractivity contribution is -0.146. The van der Waals surface area contributed by atoms with Crippen molar-refractivity contribution in [3.8, 4) is 0 Å². The van der Waals surface area contributed by atoms with Crippen molar-refractivity contribution >= 4 is 5.97 Å². The molecule has 1 aliphatic carbocycles. The molecule has 2 aliphatic rings. The van der Waals surface area contributed by atoms with Gasteiger partial charge in [-0.25, -0.2) is 0 Å². The fourth-order valence-electron chi connectivity index (χ4n) is 2.92. The quantitative estimate of drug-likeness (QED) is 0.824. The molecule has 1 aliphatic heterocycles. The van der Waals surface area contributed by atoms with Crippen LogP contribution >= 0.6 is 0 Å². The van der Waals surface area contributed by atoms with Crippen LogP contribution in [0.2, 0.25) is 0 Å². The van der Waals surface area contributed by atoms with E-state index in [2.05, 4.69) is 5.32 Å². The van der Waals surface area contributed by atoms with Crippen LogP contribution in [-0.2, 0) is 16.1 Å². The van der Waals surface area contributed by atoms with E-state index in [9.17, 15) is 4.79 Å². The largest absolute Gasteiger partial charge is 0.461 e. The van der Waals surface area contributed by atoms with Crippen molar-refractivity contribution in [1.82, 2.24) is 5.32 Å². The van der Waals surface area contributed by atoms with Crippen LogP contribution in [0.5, 0.6) is 0 Å². The molecule has 0 aromatic heterocycles. The van der Waals surface area contributed by atoms with Gasteiger partial charge in [-0.15, -0.1) is 0 Å². The van der Waals surface area contributed by atoms with Gasteiger partial charge >= 0.3 is 5.97 Å². The zero-order valence-corrected chi connectivity index (χ0v) is 10.5. The number of piperidine rings is 1. The average Bonchev–Trinajstić information content (AvgIpc) is 3.18. The molecule has 18 heavy (non-hydrogen) atoms. The van der Waals surface area contributed by atoms with E-state index in [0.717, 1.165) is 30.5 Å². The van der Waals surface area contributed by atoms with Gasteiger partial charge in [0.25, 0.3) is 0 Å². The van der Waals surface area contributed by atoms with Crippen LogP contribution in [-0.4, -0.2) is 19.1 Å². The number of carbonyl (C=O) groups excluding carboxylic acids is 1. The third kappa shape index (κ3) is 2.72. The summed E-state index contributed by atoms with van der Waals surface area (Å²) >= 11 is 0. The summed E-state index contributed by atoms with van der Waals surface area (Å²) in [4.78, 5) is 11.8. The molecule has 1 saturated carbocycles. The molecule has 0 amide bonds. The van der Waals surface area contributed by atoms with Gasteiger partial charge in [0.15, 0.2) is 0 Å². The molecule has 1 heterocycles. The normalized spacial score (nSPS) is 29.4. The van der Waals surface area contributed by atoms with Crippen molar-refractivity contribution in [2.45, 2.75) is 19.4 Å². The number of nitrogens with one attached hydrogen (secondary N) is 1. The first-order valence-corrected chi connectivity index (χ1v) is 6.73. The van der Waals surface area contributed by atoms with Crippen molar-refractivity contribution in [2.24, 2.45) is 17.8 Å². The molecule has 1 saturated heterocycles. The van der Waals surface area contributed by atoms with Crippen molar-refractivity contribution < 1.29 is 9.53 Å². The predicted octanol–water partition coefficient (Wildman–Crippen LogP) is 1.98. The second-order valence-corrected chi connectivity index (χ2v) is 5.43. The average molecular weight is 245 g/mol. The van der Waals surface area contributed by atoms with Gasteiger partial charge < -0.3 is 10.1 Å². The molecule has 3 rings (SSSR count). The summed E-state index contributed by atoms with van der Waals surface area (Å²) < 4.78 is 5.33. The molecule has 1 aromatic rings. The summed E-state index contributed by atoms with van der Waals surface area (Å²) in [7, 11) is 0. The topological polar surface area (TPSA) is 38.3 Å². The molecule has 3 atom stereocenters. The molecule has 0 bridgehead atoms. The van der Waals surface area contributed by atoms with Crippen LogP contribution in [0.3, 0.4) is 0 Å². The lowest BCUT2D eigenvalue weighted by Crippen LogP contribution is -2.33. The van der Waals surface area contributed by atoms with E-state index in [4.69, 9.17) is 4.74 Å². The number of benzene rings is 1. The van der Waals surface area contributed by atoms with E-state index in [1.807, 2.05) is 30.3 Å². The van der Waals surface area contributed by atoms with Crippen molar-refractivity contribution in [3.63, 3.8) is 0 Å². The Hall–Kier alpha value is -1.35. The van der Waals surface area contributed by atoms with Crippen molar-refractivity contribution in [2.75, 3.05) is 13.1 Å². The molecular formula is C15H19NO2. The highest BCUT2D eigenvalue weighted by atomic mass is 16.5. The highest BCUT2D eigenvalue weighted by Gasteiger charge is 2.45. The Bertz CT molecular complexity index is 418. The summed E-state index contributed by atoms with van der Waals surface area (Å²) in [5.74, 6) is 2.03. The third-order valence-electron chi connectivity index (χ3n) is 4.07. The first kappa shape index (κ1) is 11.7. The van der Waals surface area contributed by atoms with Gasteiger partial charge in [0, 0.05) is 6.42 Å². The van der Waals surface area contributed by atoms with E-state index in [1.165, 1.54) is 6.42 Å². The lowest BCUT2D eigenvalue weighted by Gasteiger charge is -2.21. The molecule has 2 fully saturated rings. The van der Waals surface area contributed by atoms with Gasteiger partial charge in [0.2, 0.25) is 0 Å². The third-order valence-corrected chi connectivity index (χ3v) is 4.07. The first-order chi connectivity index (χ1) is 8.83. The monoisotopic (exact) mass is 245 g/mol. The minimum absolute atomic E-state index is 0.0572. The van der Waals surface area contributed by atoms with E-state index in [-0.39, 0.29) is 5.97 Å². The van der Waals surface area contributed by atoms with Crippen LogP contribution in [0.25, 0.3) is 0 Å². The van der Waals surface area contributed by atoms with E-state index in [1.54, 1.807) is 0 Å². The number of esters is 1. The fraction of sp³-hybridized carbons (Fsp3) is 0.533. The zero-order valence-electron chi connectivity index (χ0n) is 10.5. The highest BCUT2D eigenvalue weighted by molar-refractivity contribution is 5.69. The molecule has 1 aromatic carbocycles. The fourth-order valence-corrected chi connectivity index (χ4v) is 2.92. The van der Waals surface area contributed by atoms with Crippen molar-refractivity contribution in [1.29, 1.82) is 0 Å². The summed E-state index contributed by atoms with van der Waals surface area (Å²) in [5, 5.41) is 3.40. The molecule has 3 heteroatoms. The Morgan fingerprint density at radius 1 is 1.28 bits per heavy atom. The van der Waals surface area contributed by atoms with Gasteiger partial charge in [0.1, 0.15) is 6.61 Å². The summed E-state index contributed by atoms with van der Waals surface area (Å²) in [6.45, 7) is 2.51. The van der Waals surface area contributed by atoms with Gasteiger partial charge in [0.05, 0.1) is 0 Å². The van der Waals surface area contributed by atoms with Crippen LogP contribution in [0.1, 0.15) is 18.4 Å². The maximum atomic E-state index is 11.8. The predicted molar refractivity (Wildman–Crippen MR) is 68.8 cm³/mol. The van der Waals surface area contributed by atoms with Crippen LogP contribution < -0.4 is 5.32 Å². The Kier molecular flexibility index (Phi) is 3.33. The van der Waals surface area contributed by atoms with Crippen LogP contribution in [0.15, 0.2) is 30.3 Å². The Morgan fingerprint density at radius 2 is 2.11 bits per heavy atom. The summed E-state index contributed by atoms with van der Waals surface area (Å²) in [5.41, 5.74) is 1.05. The smallest absolute Gasteiger partial charge is 0.306 e. The summed E-state index contributed by atoms with van der Waals surface area (Å²) in [6, 6.07) is 9.84. The number of carbonyl (C=O) groups is 1. The number of rotatable bonds is 4. The number of hydrogen-bond donors (Lipinski definition) is 1. The molecule has 1 N–H and O–H groups in total. The lowest BCUT2D eigenvalue weighted by atomic mass is 9.95. The SMILES string of the molecule is O=C(C[C@H]1CNC[C@@H]2C[C@H]12)OCc1ccccc1. The molecule has 0 unspecified atom stereocenters. The van der Waals surface area contributed by atoms with E-state index in [0.29, 0.717) is 18.9 Å². The molecule has 3 nitrogen and oxygen atoms in total. The molecule has 0 radical (unpaired) electrons. The minimum atomic E-state index is -0.0572. The van der Waals surface area contributed by atoms with Gasteiger partial charge in [-0.05, 0) is 42.8 Å². The maximum absolute atomic E-state index is 11.8. The zero-order chi connectivity index (χ0) is 12.4. The van der Waals surface area contributed by atoms with Crippen molar-refractivity contribution in [3.05, 3.63) is 35.9 Å². The number of hydrogen-bond acceptors (Lipinski definition) is 3. The summed E-state index contributed by atoms with van der Waals surface area (Å²) in [6.07, 6.45) is 1.87. The van der Waals surface area contributed by atoms with Gasteiger partial charge in [-0.2, -0.15) is 0 Å².